The van der Waals surface area contributed by atoms with Gasteiger partial charge in [-0.05, 0) is 74.7 Å². The highest BCUT2D eigenvalue weighted by atomic mass is 16.7. The van der Waals surface area contributed by atoms with E-state index in [2.05, 4.69) is 0 Å². The largest absolute Gasteiger partial charge is 0.459 e. The normalized spacial score (nSPS) is 13.2. The SMILES string of the molecule is C[C@@H](OC(=O)c1ccccc1)[C@@H](OCCCCCO)OC(COC(=O)c1ccccc1)[C@H](COC(=O)c1ccccc1)OC(=O)c1ccccc1. The third kappa shape index (κ3) is 12.8. The van der Waals surface area contributed by atoms with E-state index in [1.54, 1.807) is 128 Å². The third-order valence-electron chi connectivity index (χ3n) is 7.54. The van der Waals surface area contributed by atoms with E-state index in [9.17, 15) is 24.3 Å². The summed E-state index contributed by atoms with van der Waals surface area (Å²) in [5.41, 5.74) is 1.07. The second kappa shape index (κ2) is 21.0. The van der Waals surface area contributed by atoms with Gasteiger partial charge in [0, 0.05) is 13.2 Å². The molecule has 4 aromatic carbocycles. The number of aliphatic hydroxyl groups is 1. The fourth-order valence-corrected chi connectivity index (χ4v) is 4.78. The van der Waals surface area contributed by atoms with Gasteiger partial charge in [0.1, 0.15) is 19.3 Å². The summed E-state index contributed by atoms with van der Waals surface area (Å²) < 4.78 is 35.3. The quantitative estimate of drug-likeness (QED) is 0.0498. The number of hydrogen-bond donors (Lipinski definition) is 1. The molecule has 0 fully saturated rings. The average Bonchev–Trinajstić information content (AvgIpc) is 3.18. The third-order valence-corrected chi connectivity index (χ3v) is 7.54. The van der Waals surface area contributed by atoms with E-state index >= 15 is 0 Å². The molecule has 0 saturated heterocycles. The van der Waals surface area contributed by atoms with Crippen LogP contribution in [0.2, 0.25) is 0 Å². The van der Waals surface area contributed by atoms with Crippen LogP contribution in [0.5, 0.6) is 0 Å². The van der Waals surface area contributed by atoms with Gasteiger partial charge < -0.3 is 33.5 Å². The predicted molar refractivity (Wildman–Crippen MR) is 186 cm³/mol. The molecular weight excluding hydrogens is 656 g/mol. The Balaban J connectivity index is 1.63. The first-order chi connectivity index (χ1) is 24.9. The summed E-state index contributed by atoms with van der Waals surface area (Å²) in [6.45, 7) is 0.808. The van der Waals surface area contributed by atoms with Crippen LogP contribution in [0.25, 0.3) is 0 Å². The van der Waals surface area contributed by atoms with Gasteiger partial charge in [0.05, 0.1) is 22.3 Å². The van der Waals surface area contributed by atoms with Crippen molar-refractivity contribution in [3.05, 3.63) is 144 Å². The molecule has 4 aromatic rings. The lowest BCUT2D eigenvalue weighted by Crippen LogP contribution is -2.46. The Hall–Kier alpha value is -5.36. The van der Waals surface area contributed by atoms with Crippen molar-refractivity contribution in [3.8, 4) is 0 Å². The molecule has 11 heteroatoms. The van der Waals surface area contributed by atoms with Crippen molar-refractivity contribution < 1.29 is 52.7 Å². The molecule has 11 nitrogen and oxygen atoms in total. The van der Waals surface area contributed by atoms with Crippen LogP contribution in [0.4, 0.5) is 0 Å². The van der Waals surface area contributed by atoms with Gasteiger partial charge in [0.2, 0.25) is 0 Å². The summed E-state index contributed by atoms with van der Waals surface area (Å²) >= 11 is 0. The number of aliphatic hydroxyl groups excluding tert-OH is 1. The molecule has 4 rings (SSSR count). The number of hydrogen-bond acceptors (Lipinski definition) is 11. The van der Waals surface area contributed by atoms with E-state index in [1.807, 2.05) is 0 Å². The van der Waals surface area contributed by atoms with Gasteiger partial charge in [-0.15, -0.1) is 0 Å². The van der Waals surface area contributed by atoms with Crippen LogP contribution in [0.15, 0.2) is 121 Å². The van der Waals surface area contributed by atoms with Crippen molar-refractivity contribution in [1.29, 1.82) is 0 Å². The Labute approximate surface area is 297 Å². The number of rotatable bonds is 20. The maximum absolute atomic E-state index is 13.4. The van der Waals surface area contributed by atoms with Crippen LogP contribution in [0.3, 0.4) is 0 Å². The molecule has 0 aliphatic carbocycles. The van der Waals surface area contributed by atoms with Crippen molar-refractivity contribution in [1.82, 2.24) is 0 Å². The van der Waals surface area contributed by atoms with Crippen molar-refractivity contribution >= 4 is 23.9 Å². The number of carbonyl (C=O) groups is 4. The topological polar surface area (TPSA) is 144 Å². The monoisotopic (exact) mass is 698 g/mol. The Morgan fingerprint density at radius 3 is 1.39 bits per heavy atom. The molecule has 0 bridgehead atoms. The van der Waals surface area contributed by atoms with Crippen LogP contribution in [-0.4, -0.2) is 80.0 Å². The first kappa shape index (κ1) is 38.4. The van der Waals surface area contributed by atoms with Gasteiger partial charge in [0.15, 0.2) is 18.5 Å². The summed E-state index contributed by atoms with van der Waals surface area (Å²) in [5, 5.41) is 9.21. The molecule has 4 atom stereocenters. The molecule has 51 heavy (non-hydrogen) atoms. The van der Waals surface area contributed by atoms with E-state index in [0.717, 1.165) is 0 Å². The van der Waals surface area contributed by atoms with Gasteiger partial charge in [-0.3, -0.25) is 0 Å². The maximum atomic E-state index is 13.4. The van der Waals surface area contributed by atoms with E-state index in [4.69, 9.17) is 28.4 Å². The van der Waals surface area contributed by atoms with E-state index in [1.165, 1.54) is 0 Å². The standard InChI is InChI=1S/C40H42O11/c1-29(49-38(44)32-21-11-4-12-22-32)40(46-26-16-6-15-25-41)51-35(28-48-37(43)31-19-9-3-10-20-31)34(50-39(45)33-23-13-5-14-24-33)27-47-36(42)30-17-7-2-8-18-30/h2-5,7-14,17-24,29,34-35,40-41H,6,15-16,25-28H2,1H3/t29-,34+,35?,40+/m1/s1. The molecule has 1 unspecified atom stereocenters. The summed E-state index contributed by atoms with van der Waals surface area (Å²) in [7, 11) is 0. The van der Waals surface area contributed by atoms with Crippen molar-refractivity contribution in [2.45, 2.75) is 50.8 Å². The highest BCUT2D eigenvalue weighted by Crippen LogP contribution is 2.19. The number of esters is 4. The highest BCUT2D eigenvalue weighted by Gasteiger charge is 2.35. The molecule has 0 aromatic heterocycles. The van der Waals surface area contributed by atoms with E-state index in [0.29, 0.717) is 24.8 Å². The lowest BCUT2D eigenvalue weighted by atomic mass is 10.2. The average molecular weight is 699 g/mol. The zero-order valence-corrected chi connectivity index (χ0v) is 28.3. The van der Waals surface area contributed by atoms with Crippen LogP contribution in [0, 0.1) is 0 Å². The lowest BCUT2D eigenvalue weighted by molar-refractivity contribution is -0.236. The second-order valence-corrected chi connectivity index (χ2v) is 11.4. The van der Waals surface area contributed by atoms with Crippen molar-refractivity contribution in [2.75, 3.05) is 26.4 Å². The van der Waals surface area contributed by atoms with Crippen LogP contribution in [-0.2, 0) is 28.4 Å². The van der Waals surface area contributed by atoms with Gasteiger partial charge in [0.25, 0.3) is 0 Å². The van der Waals surface area contributed by atoms with E-state index in [-0.39, 0.29) is 29.9 Å². The molecule has 0 aliphatic heterocycles. The fraction of sp³-hybridized carbons (Fsp3) is 0.300. The number of carbonyl (C=O) groups excluding carboxylic acids is 4. The Bertz CT molecular complexity index is 1630. The molecule has 0 radical (unpaired) electrons. The molecule has 268 valence electrons. The number of unbranched alkanes of at least 4 members (excludes halogenated alkanes) is 2. The molecular formula is C40H42O11. The zero-order chi connectivity index (χ0) is 36.3. The Morgan fingerprint density at radius 2 is 0.941 bits per heavy atom. The van der Waals surface area contributed by atoms with Crippen LogP contribution in [0.1, 0.15) is 67.6 Å². The summed E-state index contributed by atoms with van der Waals surface area (Å²) in [6, 6.07) is 33.1. The minimum Gasteiger partial charge on any atom is -0.459 e. The first-order valence-corrected chi connectivity index (χ1v) is 16.7. The minimum atomic E-state index is -1.33. The first-order valence-electron chi connectivity index (χ1n) is 16.7. The minimum absolute atomic E-state index is 0.0238. The van der Waals surface area contributed by atoms with Crippen LogP contribution >= 0.6 is 0 Å². The van der Waals surface area contributed by atoms with E-state index < -0.39 is 61.7 Å². The second-order valence-electron chi connectivity index (χ2n) is 11.4. The van der Waals surface area contributed by atoms with Crippen molar-refractivity contribution in [3.63, 3.8) is 0 Å². The fourth-order valence-electron chi connectivity index (χ4n) is 4.78. The Morgan fingerprint density at radius 1 is 0.529 bits per heavy atom. The summed E-state index contributed by atoms with van der Waals surface area (Å²) in [4.78, 5) is 52.5. The highest BCUT2D eigenvalue weighted by molar-refractivity contribution is 5.91. The smallest absolute Gasteiger partial charge is 0.338 e. The van der Waals surface area contributed by atoms with Gasteiger partial charge >= 0.3 is 23.9 Å². The molecule has 0 saturated carbocycles. The molecule has 0 aliphatic rings. The van der Waals surface area contributed by atoms with Gasteiger partial charge in [-0.25, -0.2) is 19.2 Å². The molecule has 0 amide bonds. The van der Waals surface area contributed by atoms with Crippen LogP contribution < -0.4 is 0 Å². The Kier molecular flexibility index (Phi) is 15.8. The predicted octanol–water partition coefficient (Wildman–Crippen LogP) is 6.06. The number of benzene rings is 4. The van der Waals surface area contributed by atoms with Gasteiger partial charge in [-0.1, -0.05) is 72.8 Å². The van der Waals surface area contributed by atoms with Crippen molar-refractivity contribution in [2.24, 2.45) is 0 Å². The molecule has 0 spiro atoms. The molecule has 1 N–H and O–H groups in total. The molecule has 0 heterocycles. The zero-order valence-electron chi connectivity index (χ0n) is 28.3. The number of ether oxygens (including phenoxy) is 6. The summed E-state index contributed by atoms with van der Waals surface area (Å²) in [6.07, 6.45) is -3.10. The summed E-state index contributed by atoms with van der Waals surface area (Å²) in [5.74, 6) is -2.73. The lowest BCUT2D eigenvalue weighted by Gasteiger charge is -2.32. The maximum Gasteiger partial charge on any atom is 0.338 e. The van der Waals surface area contributed by atoms with Gasteiger partial charge in [-0.2, -0.15) is 0 Å².